The molecular formula is C14H19N. The lowest BCUT2D eigenvalue weighted by Gasteiger charge is -1.87. The first-order valence-corrected chi connectivity index (χ1v) is 5.35. The van der Waals surface area contributed by atoms with Crippen molar-refractivity contribution in [1.29, 1.82) is 0 Å². The second-order valence-electron chi connectivity index (χ2n) is 3.47. The number of rotatable bonds is 2. The van der Waals surface area contributed by atoms with Gasteiger partial charge in [-0.15, -0.1) is 0 Å². The van der Waals surface area contributed by atoms with Crippen molar-refractivity contribution >= 4 is 18.2 Å². The average Bonchev–Trinajstić information content (AvgIpc) is 2.53. The zero-order valence-electron chi connectivity index (χ0n) is 9.96. The Morgan fingerprint density at radius 1 is 1.07 bits per heavy atom. The van der Waals surface area contributed by atoms with Crippen molar-refractivity contribution in [2.24, 2.45) is 0 Å². The van der Waals surface area contributed by atoms with E-state index >= 15 is 0 Å². The van der Waals surface area contributed by atoms with Crippen molar-refractivity contribution in [3.05, 3.63) is 40.1 Å². The number of hydrogen-bond donors (Lipinski definition) is 1. The van der Waals surface area contributed by atoms with Crippen molar-refractivity contribution in [3.63, 3.8) is 0 Å². The minimum Gasteiger partial charge on any atom is -0.355 e. The molecule has 1 rings (SSSR count). The van der Waals surface area contributed by atoms with Gasteiger partial charge in [0.1, 0.15) is 0 Å². The standard InChI is InChI=1S/C14H19N/c1-5-8-10-14-12(7-3)11(4)13(15-14)9-6-2/h5-10,15H,1-4H3/b8-5-,9-6-,12-7-,14-10+. The number of aromatic amines is 1. The molecule has 1 N–H and O–H groups in total. The fourth-order valence-electron chi connectivity index (χ4n) is 1.68. The number of H-pyrrole nitrogens is 1. The molecule has 0 radical (unpaired) electrons. The zero-order valence-corrected chi connectivity index (χ0v) is 9.96. The quantitative estimate of drug-likeness (QED) is 0.756. The maximum atomic E-state index is 3.41. The molecule has 1 aromatic heterocycles. The molecule has 0 aliphatic rings. The van der Waals surface area contributed by atoms with Crippen LogP contribution in [-0.4, -0.2) is 4.98 Å². The molecule has 80 valence electrons. The Labute approximate surface area is 91.5 Å². The third-order valence-corrected chi connectivity index (χ3v) is 2.44. The average molecular weight is 201 g/mol. The maximum Gasteiger partial charge on any atom is 0.0457 e. The Kier molecular flexibility index (Phi) is 4.17. The van der Waals surface area contributed by atoms with Gasteiger partial charge in [-0.3, -0.25) is 0 Å². The summed E-state index contributed by atoms with van der Waals surface area (Å²) in [6.07, 6.45) is 12.5. The Morgan fingerprint density at radius 2 is 1.80 bits per heavy atom. The molecule has 0 saturated carbocycles. The predicted octanol–water partition coefficient (Wildman–Crippen LogP) is 2.51. The maximum absolute atomic E-state index is 3.41. The van der Waals surface area contributed by atoms with Gasteiger partial charge in [0.15, 0.2) is 0 Å². The SMILES string of the molecule is C\C=C/C=c1/[nH]c(/C=C\C)c(C)/c1=C/C. The summed E-state index contributed by atoms with van der Waals surface area (Å²) in [4.78, 5) is 3.41. The minimum atomic E-state index is 1.18. The van der Waals surface area contributed by atoms with Crippen LogP contribution in [0.3, 0.4) is 0 Å². The summed E-state index contributed by atoms with van der Waals surface area (Å²) < 4.78 is 0. The van der Waals surface area contributed by atoms with Crippen LogP contribution in [0.5, 0.6) is 0 Å². The van der Waals surface area contributed by atoms with Crippen molar-refractivity contribution in [1.82, 2.24) is 4.98 Å². The van der Waals surface area contributed by atoms with Gasteiger partial charge in [-0.1, -0.05) is 24.3 Å². The van der Waals surface area contributed by atoms with Gasteiger partial charge < -0.3 is 4.98 Å². The van der Waals surface area contributed by atoms with E-state index < -0.39 is 0 Å². The lowest BCUT2D eigenvalue weighted by atomic mass is 10.2. The van der Waals surface area contributed by atoms with Gasteiger partial charge >= 0.3 is 0 Å². The third-order valence-electron chi connectivity index (χ3n) is 2.44. The molecule has 1 nitrogen and oxygen atoms in total. The summed E-state index contributed by atoms with van der Waals surface area (Å²) in [6.45, 7) is 8.27. The number of hydrogen-bond acceptors (Lipinski definition) is 0. The van der Waals surface area contributed by atoms with Gasteiger partial charge in [0.2, 0.25) is 0 Å². The first-order valence-electron chi connectivity index (χ1n) is 5.35. The molecule has 15 heavy (non-hydrogen) atoms. The fraction of sp³-hybridized carbons (Fsp3) is 0.286. The second kappa shape index (κ2) is 5.40. The molecule has 0 fully saturated rings. The van der Waals surface area contributed by atoms with E-state index in [-0.39, 0.29) is 0 Å². The highest BCUT2D eigenvalue weighted by Crippen LogP contribution is 1.99. The van der Waals surface area contributed by atoms with Crippen LogP contribution in [-0.2, 0) is 0 Å². The summed E-state index contributed by atoms with van der Waals surface area (Å²) >= 11 is 0. The summed E-state index contributed by atoms with van der Waals surface area (Å²) in [5.74, 6) is 0. The van der Waals surface area contributed by atoms with E-state index in [0.29, 0.717) is 0 Å². The van der Waals surface area contributed by atoms with Crippen molar-refractivity contribution in [3.8, 4) is 0 Å². The van der Waals surface area contributed by atoms with Crippen molar-refractivity contribution in [2.45, 2.75) is 27.7 Å². The minimum absolute atomic E-state index is 1.18. The highest BCUT2D eigenvalue weighted by atomic mass is 14.7. The molecule has 0 amide bonds. The van der Waals surface area contributed by atoms with E-state index in [2.05, 4.69) is 49.2 Å². The van der Waals surface area contributed by atoms with Crippen LogP contribution < -0.4 is 10.6 Å². The molecule has 1 heterocycles. The van der Waals surface area contributed by atoms with E-state index in [4.69, 9.17) is 0 Å². The van der Waals surface area contributed by atoms with Crippen molar-refractivity contribution < 1.29 is 0 Å². The van der Waals surface area contributed by atoms with Crippen LogP contribution in [0.2, 0.25) is 0 Å². The van der Waals surface area contributed by atoms with Crippen LogP contribution in [0.1, 0.15) is 32.0 Å². The number of allylic oxidation sites excluding steroid dienone is 3. The van der Waals surface area contributed by atoms with Crippen LogP contribution in [0.4, 0.5) is 0 Å². The molecular weight excluding hydrogens is 182 g/mol. The Morgan fingerprint density at radius 3 is 2.33 bits per heavy atom. The van der Waals surface area contributed by atoms with Gasteiger partial charge in [0, 0.05) is 11.0 Å². The molecule has 0 atom stereocenters. The Balaban J connectivity index is 3.49. The van der Waals surface area contributed by atoms with Gasteiger partial charge in [-0.05, 0) is 50.6 Å². The Bertz CT molecular complexity index is 484. The number of nitrogens with one attached hydrogen (secondary N) is 1. The zero-order chi connectivity index (χ0) is 11.3. The van der Waals surface area contributed by atoms with Gasteiger partial charge in [-0.25, -0.2) is 0 Å². The molecule has 0 bridgehead atoms. The van der Waals surface area contributed by atoms with Gasteiger partial charge in [0.25, 0.3) is 0 Å². The predicted molar refractivity (Wildman–Crippen MR) is 68.9 cm³/mol. The lowest BCUT2D eigenvalue weighted by Crippen LogP contribution is -2.23. The largest absolute Gasteiger partial charge is 0.355 e. The van der Waals surface area contributed by atoms with E-state index in [0.717, 1.165) is 0 Å². The monoisotopic (exact) mass is 201 g/mol. The molecule has 0 unspecified atom stereocenters. The highest BCUT2D eigenvalue weighted by molar-refractivity contribution is 5.52. The van der Waals surface area contributed by atoms with E-state index in [1.165, 1.54) is 21.8 Å². The van der Waals surface area contributed by atoms with Gasteiger partial charge in [0.05, 0.1) is 0 Å². The molecule has 1 heteroatoms. The lowest BCUT2D eigenvalue weighted by molar-refractivity contribution is 1.29. The van der Waals surface area contributed by atoms with E-state index in [9.17, 15) is 0 Å². The second-order valence-corrected chi connectivity index (χ2v) is 3.47. The molecule has 0 spiro atoms. The normalized spacial score (nSPS) is 14.9. The van der Waals surface area contributed by atoms with Gasteiger partial charge in [-0.2, -0.15) is 0 Å². The molecule has 0 aromatic carbocycles. The van der Waals surface area contributed by atoms with Crippen LogP contribution >= 0.6 is 0 Å². The van der Waals surface area contributed by atoms with Crippen molar-refractivity contribution in [2.75, 3.05) is 0 Å². The topological polar surface area (TPSA) is 15.8 Å². The molecule has 0 aliphatic heterocycles. The molecule has 0 aliphatic carbocycles. The smallest absolute Gasteiger partial charge is 0.0457 e. The molecule has 1 aromatic rings. The fourth-order valence-corrected chi connectivity index (χ4v) is 1.68. The summed E-state index contributed by atoms with van der Waals surface area (Å²) in [5, 5.41) is 2.47. The van der Waals surface area contributed by atoms with E-state index in [1.807, 2.05) is 19.9 Å². The van der Waals surface area contributed by atoms with Crippen LogP contribution in [0.25, 0.3) is 18.2 Å². The molecule has 0 saturated heterocycles. The summed E-state index contributed by atoms with van der Waals surface area (Å²) in [7, 11) is 0. The first kappa shape index (κ1) is 11.6. The highest BCUT2D eigenvalue weighted by Gasteiger charge is 1.98. The third kappa shape index (κ3) is 2.50. The summed E-state index contributed by atoms with van der Waals surface area (Å²) in [6, 6.07) is 0. The van der Waals surface area contributed by atoms with Crippen LogP contribution in [0.15, 0.2) is 18.2 Å². The van der Waals surface area contributed by atoms with Crippen LogP contribution in [0, 0.1) is 6.92 Å². The summed E-state index contributed by atoms with van der Waals surface area (Å²) in [5.41, 5.74) is 2.51. The van der Waals surface area contributed by atoms with E-state index in [1.54, 1.807) is 0 Å². The Hall–Kier alpha value is -1.50. The first-order chi connectivity index (χ1) is 7.24. The number of aromatic nitrogens is 1.